The Kier molecular flexibility index (Phi) is 2.94. The second-order valence-electron chi connectivity index (χ2n) is 4.13. The first kappa shape index (κ1) is 10.7. The lowest BCUT2D eigenvalue weighted by Gasteiger charge is -2.26. The van der Waals surface area contributed by atoms with Crippen molar-refractivity contribution in [2.75, 3.05) is 18.8 Å². The van der Waals surface area contributed by atoms with Crippen LogP contribution >= 0.6 is 0 Å². The molecule has 2 rings (SSSR count). The van der Waals surface area contributed by atoms with Crippen LogP contribution < -0.4 is 5.73 Å². The van der Waals surface area contributed by atoms with Crippen molar-refractivity contribution in [3.63, 3.8) is 0 Å². The van der Waals surface area contributed by atoms with Crippen molar-refractivity contribution in [2.24, 2.45) is 0 Å². The molecular formula is C11H16N4O. The molecule has 16 heavy (non-hydrogen) atoms. The quantitative estimate of drug-likeness (QED) is 0.744. The lowest BCUT2D eigenvalue weighted by molar-refractivity contribution is -0.131. The summed E-state index contributed by atoms with van der Waals surface area (Å²) in [5.74, 6) is 0.0931. The van der Waals surface area contributed by atoms with Gasteiger partial charge in [-0.25, -0.2) is 0 Å². The van der Waals surface area contributed by atoms with Gasteiger partial charge in [0.2, 0.25) is 5.91 Å². The molecule has 2 heterocycles. The second-order valence-corrected chi connectivity index (χ2v) is 4.13. The molecule has 0 fully saturated rings. The maximum atomic E-state index is 11.9. The summed E-state index contributed by atoms with van der Waals surface area (Å²) in [7, 11) is 0. The predicted octanol–water partition coefficient (Wildman–Crippen LogP) is 0.644. The zero-order valence-corrected chi connectivity index (χ0v) is 9.39. The molecule has 1 aromatic rings. The molecule has 0 aliphatic carbocycles. The van der Waals surface area contributed by atoms with Crippen molar-refractivity contribution < 1.29 is 4.79 Å². The molecule has 1 amide bonds. The largest absolute Gasteiger partial charge is 0.396 e. The summed E-state index contributed by atoms with van der Waals surface area (Å²) in [5.41, 5.74) is 7.37. The van der Waals surface area contributed by atoms with Crippen LogP contribution in [-0.2, 0) is 11.3 Å². The minimum Gasteiger partial charge on any atom is -0.396 e. The topological polar surface area (TPSA) is 64.2 Å². The van der Waals surface area contributed by atoms with Crippen LogP contribution in [0.15, 0.2) is 24.0 Å². The summed E-state index contributed by atoms with van der Waals surface area (Å²) in [6.45, 7) is 3.85. The summed E-state index contributed by atoms with van der Waals surface area (Å²) in [6.07, 6.45) is 6.34. The van der Waals surface area contributed by atoms with Crippen molar-refractivity contribution in [3.8, 4) is 0 Å². The van der Waals surface area contributed by atoms with Crippen LogP contribution in [-0.4, -0.2) is 33.7 Å². The number of rotatable bonds is 2. The lowest BCUT2D eigenvalue weighted by atomic mass is 10.1. The van der Waals surface area contributed by atoms with Gasteiger partial charge in [0.1, 0.15) is 6.54 Å². The fourth-order valence-corrected chi connectivity index (χ4v) is 1.83. The Morgan fingerprint density at radius 1 is 1.62 bits per heavy atom. The van der Waals surface area contributed by atoms with Gasteiger partial charge >= 0.3 is 0 Å². The third kappa shape index (κ3) is 2.42. The van der Waals surface area contributed by atoms with Crippen LogP contribution in [0, 0.1) is 0 Å². The average molecular weight is 220 g/mol. The molecule has 5 heteroatoms. The molecule has 0 unspecified atom stereocenters. The van der Waals surface area contributed by atoms with Gasteiger partial charge in [-0.15, -0.1) is 0 Å². The number of nitrogens with two attached hydrogens (primary N) is 1. The summed E-state index contributed by atoms with van der Waals surface area (Å²) in [4.78, 5) is 13.8. The number of carbonyl (C=O) groups excluding carboxylic acids is 1. The van der Waals surface area contributed by atoms with Gasteiger partial charge in [0.25, 0.3) is 0 Å². The van der Waals surface area contributed by atoms with E-state index in [-0.39, 0.29) is 12.5 Å². The highest BCUT2D eigenvalue weighted by atomic mass is 16.2. The van der Waals surface area contributed by atoms with Crippen LogP contribution in [0.4, 0.5) is 5.69 Å². The number of nitrogen functional groups attached to an aromatic ring is 1. The van der Waals surface area contributed by atoms with E-state index in [0.717, 1.165) is 19.5 Å². The Hall–Kier alpha value is -1.78. The molecule has 0 spiro atoms. The van der Waals surface area contributed by atoms with Crippen molar-refractivity contribution in [3.05, 3.63) is 24.0 Å². The minimum absolute atomic E-state index is 0.0931. The van der Waals surface area contributed by atoms with E-state index in [1.807, 2.05) is 11.8 Å². The maximum absolute atomic E-state index is 11.9. The van der Waals surface area contributed by atoms with Crippen LogP contribution in [0.2, 0.25) is 0 Å². The Morgan fingerprint density at radius 3 is 3.06 bits per heavy atom. The normalized spacial score (nSPS) is 16.1. The number of aromatic nitrogens is 2. The van der Waals surface area contributed by atoms with Crippen LogP contribution in [0.1, 0.15) is 13.3 Å². The third-order valence-electron chi connectivity index (χ3n) is 2.64. The first-order valence-electron chi connectivity index (χ1n) is 5.36. The third-order valence-corrected chi connectivity index (χ3v) is 2.64. The van der Waals surface area contributed by atoms with Crippen molar-refractivity contribution in [1.82, 2.24) is 14.7 Å². The molecule has 5 nitrogen and oxygen atoms in total. The van der Waals surface area contributed by atoms with Crippen molar-refractivity contribution >= 4 is 11.6 Å². The van der Waals surface area contributed by atoms with Gasteiger partial charge < -0.3 is 10.6 Å². The Bertz CT molecular complexity index is 421. The molecule has 0 bridgehead atoms. The smallest absolute Gasteiger partial charge is 0.244 e. The maximum Gasteiger partial charge on any atom is 0.244 e. The van der Waals surface area contributed by atoms with E-state index in [2.05, 4.69) is 11.2 Å². The molecule has 0 radical (unpaired) electrons. The fraction of sp³-hybridized carbons (Fsp3) is 0.455. The Morgan fingerprint density at radius 2 is 2.44 bits per heavy atom. The number of hydrogen-bond donors (Lipinski definition) is 1. The molecule has 0 saturated heterocycles. The number of anilines is 1. The first-order chi connectivity index (χ1) is 7.65. The zero-order valence-electron chi connectivity index (χ0n) is 9.39. The highest BCUT2D eigenvalue weighted by Crippen LogP contribution is 2.09. The number of nitrogens with zero attached hydrogens (tertiary/aromatic N) is 3. The van der Waals surface area contributed by atoms with E-state index in [4.69, 9.17) is 5.73 Å². The van der Waals surface area contributed by atoms with E-state index in [0.29, 0.717) is 5.69 Å². The predicted molar refractivity (Wildman–Crippen MR) is 61.6 cm³/mol. The molecule has 1 aliphatic heterocycles. The molecule has 2 N–H and O–H groups in total. The number of carbonyl (C=O) groups is 1. The fourth-order valence-electron chi connectivity index (χ4n) is 1.83. The number of hydrogen-bond acceptors (Lipinski definition) is 3. The molecular weight excluding hydrogens is 204 g/mol. The highest BCUT2D eigenvalue weighted by Gasteiger charge is 2.16. The van der Waals surface area contributed by atoms with E-state index in [1.165, 1.54) is 5.57 Å². The summed E-state index contributed by atoms with van der Waals surface area (Å²) in [5, 5.41) is 4.00. The summed E-state index contributed by atoms with van der Waals surface area (Å²) in [6, 6.07) is 0. The van der Waals surface area contributed by atoms with Crippen LogP contribution in [0.25, 0.3) is 0 Å². The van der Waals surface area contributed by atoms with Crippen LogP contribution in [0.5, 0.6) is 0 Å². The highest BCUT2D eigenvalue weighted by molar-refractivity contribution is 5.76. The van der Waals surface area contributed by atoms with Crippen LogP contribution in [0.3, 0.4) is 0 Å². The van der Waals surface area contributed by atoms with Crippen molar-refractivity contribution in [2.45, 2.75) is 19.9 Å². The second kappa shape index (κ2) is 4.38. The van der Waals surface area contributed by atoms with Gasteiger partial charge in [-0.1, -0.05) is 11.6 Å². The summed E-state index contributed by atoms with van der Waals surface area (Å²) < 4.78 is 1.57. The molecule has 1 aliphatic rings. The van der Waals surface area contributed by atoms with Gasteiger partial charge in [0.15, 0.2) is 0 Å². The molecule has 0 saturated carbocycles. The zero-order chi connectivity index (χ0) is 11.5. The Balaban J connectivity index is 1.96. The molecule has 86 valence electrons. The van der Waals surface area contributed by atoms with E-state index < -0.39 is 0 Å². The van der Waals surface area contributed by atoms with E-state index in [9.17, 15) is 4.79 Å². The average Bonchev–Trinajstić information content (AvgIpc) is 2.64. The SMILES string of the molecule is CC1=CCCN(C(=O)Cn2cc(N)cn2)C1. The summed E-state index contributed by atoms with van der Waals surface area (Å²) >= 11 is 0. The standard InChI is InChI=1S/C11H16N4O/c1-9-3-2-4-14(6-9)11(16)8-15-7-10(12)5-13-15/h3,5,7H,2,4,6,8,12H2,1H3. The molecule has 0 aromatic carbocycles. The van der Waals surface area contributed by atoms with Gasteiger partial charge in [-0.05, 0) is 13.3 Å². The van der Waals surface area contributed by atoms with E-state index in [1.54, 1.807) is 17.1 Å². The minimum atomic E-state index is 0.0931. The van der Waals surface area contributed by atoms with Gasteiger partial charge in [0, 0.05) is 19.3 Å². The Labute approximate surface area is 94.5 Å². The van der Waals surface area contributed by atoms with Gasteiger partial charge in [-0.2, -0.15) is 5.10 Å². The van der Waals surface area contributed by atoms with Crippen molar-refractivity contribution in [1.29, 1.82) is 0 Å². The lowest BCUT2D eigenvalue weighted by Crippen LogP contribution is -2.37. The molecule has 1 aromatic heterocycles. The van der Waals surface area contributed by atoms with E-state index >= 15 is 0 Å². The molecule has 0 atom stereocenters. The first-order valence-corrected chi connectivity index (χ1v) is 5.36. The van der Waals surface area contributed by atoms with Gasteiger partial charge in [0.05, 0.1) is 11.9 Å². The monoisotopic (exact) mass is 220 g/mol. The van der Waals surface area contributed by atoms with Gasteiger partial charge in [-0.3, -0.25) is 9.48 Å². The number of amides is 1.